The second-order valence-corrected chi connectivity index (χ2v) is 9.10. The molecule has 5 rings (SSSR count). The van der Waals surface area contributed by atoms with Gasteiger partial charge in [-0.25, -0.2) is 0 Å². The fourth-order valence-electron chi connectivity index (χ4n) is 3.57. The van der Waals surface area contributed by atoms with Crippen LogP contribution in [-0.4, -0.2) is 53.9 Å². The van der Waals surface area contributed by atoms with Crippen LogP contribution in [0.1, 0.15) is 5.56 Å². The highest BCUT2D eigenvalue weighted by atomic mass is 32.2. The number of nitrogens with zero attached hydrogens (tertiary/aromatic N) is 3. The van der Waals surface area contributed by atoms with Crippen LogP contribution in [0.5, 0.6) is 23.0 Å². The molecule has 0 fully saturated rings. The van der Waals surface area contributed by atoms with E-state index in [0.717, 1.165) is 17.1 Å². The fourth-order valence-corrected chi connectivity index (χ4v) is 4.37. The molecular formula is C28H24N4O5S. The molecule has 0 bridgehead atoms. The Kier molecular flexibility index (Phi) is 7.70. The molecule has 3 aromatic carbocycles. The van der Waals surface area contributed by atoms with E-state index in [0.29, 0.717) is 34.9 Å². The number of carbonyl (C=O) groups excluding carboxylic acids is 1. The minimum atomic E-state index is -0.481. The Balaban J connectivity index is 1.16. The lowest BCUT2D eigenvalue weighted by Crippen LogP contribution is -2.35. The van der Waals surface area contributed by atoms with Crippen molar-refractivity contribution in [3.63, 3.8) is 0 Å². The van der Waals surface area contributed by atoms with Crippen LogP contribution in [0.15, 0.2) is 94.5 Å². The molecule has 0 saturated carbocycles. The summed E-state index contributed by atoms with van der Waals surface area (Å²) >= 11 is 1.22. The molecule has 0 radical (unpaired) electrons. The predicted molar refractivity (Wildman–Crippen MR) is 147 cm³/mol. The number of amidine groups is 2. The molecule has 2 aliphatic rings. The molecule has 192 valence electrons. The molecule has 0 aliphatic carbocycles. The smallest absolute Gasteiger partial charge is 0.283 e. The van der Waals surface area contributed by atoms with Crippen LogP contribution in [0.4, 0.5) is 0 Å². The number of amides is 1. The molecule has 0 spiro atoms. The number of thioether (sulfide) groups is 1. The van der Waals surface area contributed by atoms with Gasteiger partial charge in [0.25, 0.3) is 5.91 Å². The molecule has 0 aromatic heterocycles. The lowest BCUT2D eigenvalue weighted by molar-refractivity contribution is -0.114. The summed E-state index contributed by atoms with van der Waals surface area (Å²) in [5.41, 5.74) is 0.895. The van der Waals surface area contributed by atoms with Crippen molar-refractivity contribution >= 4 is 39.8 Å². The van der Waals surface area contributed by atoms with Crippen molar-refractivity contribution < 1.29 is 23.7 Å². The van der Waals surface area contributed by atoms with E-state index in [1.54, 1.807) is 25.3 Å². The van der Waals surface area contributed by atoms with Crippen LogP contribution >= 0.6 is 11.8 Å². The summed E-state index contributed by atoms with van der Waals surface area (Å²) in [5.74, 6) is 2.37. The van der Waals surface area contributed by atoms with Crippen molar-refractivity contribution in [2.45, 2.75) is 0 Å². The number of fused-ring (bicyclic) bond motifs is 1. The second kappa shape index (κ2) is 11.7. The molecule has 9 nitrogen and oxygen atoms in total. The van der Waals surface area contributed by atoms with Crippen LogP contribution in [0, 0.1) is 5.41 Å². The van der Waals surface area contributed by atoms with Crippen LogP contribution in [-0.2, 0) is 4.79 Å². The molecule has 1 amide bonds. The highest BCUT2D eigenvalue weighted by Gasteiger charge is 2.35. The minimum absolute atomic E-state index is 0.0294. The Morgan fingerprint density at radius 2 is 1.45 bits per heavy atom. The zero-order valence-electron chi connectivity index (χ0n) is 20.5. The van der Waals surface area contributed by atoms with Crippen molar-refractivity contribution in [3.05, 3.63) is 90.0 Å². The number of hydrogen-bond donors (Lipinski definition) is 1. The number of carbonyl (C=O) groups is 1. The van der Waals surface area contributed by atoms with Crippen LogP contribution in [0.25, 0.3) is 6.08 Å². The van der Waals surface area contributed by atoms with Crippen molar-refractivity contribution in [3.8, 4) is 23.0 Å². The third kappa shape index (κ3) is 6.04. The van der Waals surface area contributed by atoms with Crippen LogP contribution in [0.2, 0.25) is 0 Å². The fraction of sp³-hybridized carbons (Fsp3) is 0.143. The standard InChI is InChI=1S/C28H24N4O5S/c1-34-20-11-13-23(14-12-20)36-16-15-35-22-9-7-19(8-10-22)17-24-26(29)32-28(30-27(24)33)38-25(31-32)18-37-21-5-3-2-4-6-21/h2-14,17,29H,15-16,18H2,1H3. The SMILES string of the molecule is COc1ccc(OCCOc2ccc(C=C3C(=N)N4N=C(COc5ccccc5)SC4=NC3=O)cc2)cc1. The highest BCUT2D eigenvalue weighted by Crippen LogP contribution is 2.29. The number of hydrogen-bond acceptors (Lipinski definition) is 8. The van der Waals surface area contributed by atoms with E-state index in [9.17, 15) is 4.79 Å². The summed E-state index contributed by atoms with van der Waals surface area (Å²) in [6.45, 7) is 0.974. The summed E-state index contributed by atoms with van der Waals surface area (Å²) < 4.78 is 22.3. The predicted octanol–water partition coefficient (Wildman–Crippen LogP) is 4.85. The zero-order chi connectivity index (χ0) is 26.3. The largest absolute Gasteiger partial charge is 0.497 e. The topological polar surface area (TPSA) is 106 Å². The summed E-state index contributed by atoms with van der Waals surface area (Å²) in [5, 5.41) is 15.3. The van der Waals surface area contributed by atoms with E-state index >= 15 is 0 Å². The molecular weight excluding hydrogens is 504 g/mol. The van der Waals surface area contributed by atoms with Gasteiger partial charge in [-0.15, -0.1) is 0 Å². The van der Waals surface area contributed by atoms with Gasteiger partial charge < -0.3 is 18.9 Å². The van der Waals surface area contributed by atoms with E-state index in [4.69, 9.17) is 24.4 Å². The van der Waals surface area contributed by atoms with Crippen LogP contribution < -0.4 is 18.9 Å². The van der Waals surface area contributed by atoms with Crippen molar-refractivity contribution in [1.82, 2.24) is 5.01 Å². The summed E-state index contributed by atoms with van der Waals surface area (Å²) in [6, 6.07) is 23.9. The molecule has 0 unspecified atom stereocenters. The Morgan fingerprint density at radius 3 is 2.11 bits per heavy atom. The molecule has 3 aromatic rings. The molecule has 1 N–H and O–H groups in total. The maximum absolute atomic E-state index is 12.7. The lowest BCUT2D eigenvalue weighted by Gasteiger charge is -2.20. The Morgan fingerprint density at radius 1 is 0.842 bits per heavy atom. The van der Waals surface area contributed by atoms with E-state index < -0.39 is 5.91 Å². The number of benzene rings is 3. The first-order valence-corrected chi connectivity index (χ1v) is 12.6. The molecule has 0 saturated heterocycles. The number of aliphatic imine (C=N–C) groups is 1. The summed E-state index contributed by atoms with van der Waals surface area (Å²) in [6.07, 6.45) is 1.63. The summed E-state index contributed by atoms with van der Waals surface area (Å²) in [4.78, 5) is 16.8. The molecule has 2 heterocycles. The minimum Gasteiger partial charge on any atom is -0.497 e. The number of rotatable bonds is 10. The Bertz CT molecular complexity index is 1400. The second-order valence-electron chi connectivity index (χ2n) is 8.06. The van der Waals surface area contributed by atoms with Gasteiger partial charge in [0, 0.05) is 0 Å². The van der Waals surface area contributed by atoms with Gasteiger partial charge >= 0.3 is 0 Å². The van der Waals surface area contributed by atoms with Gasteiger partial charge in [0.1, 0.15) is 47.9 Å². The van der Waals surface area contributed by atoms with E-state index in [1.807, 2.05) is 66.7 Å². The maximum atomic E-state index is 12.7. The van der Waals surface area contributed by atoms with Crippen molar-refractivity contribution in [2.24, 2.45) is 10.1 Å². The van der Waals surface area contributed by atoms with Crippen molar-refractivity contribution in [2.75, 3.05) is 26.9 Å². The van der Waals surface area contributed by atoms with Gasteiger partial charge in [0.2, 0.25) is 5.17 Å². The van der Waals surface area contributed by atoms with E-state index in [2.05, 4.69) is 10.1 Å². The number of hydrazone groups is 1. The normalized spacial score (nSPS) is 15.6. The summed E-state index contributed by atoms with van der Waals surface area (Å²) in [7, 11) is 1.62. The monoisotopic (exact) mass is 528 g/mol. The molecule has 0 atom stereocenters. The first-order valence-electron chi connectivity index (χ1n) is 11.8. The molecule has 2 aliphatic heterocycles. The first-order chi connectivity index (χ1) is 18.6. The van der Waals surface area contributed by atoms with E-state index in [-0.39, 0.29) is 18.0 Å². The number of methoxy groups -OCH3 is 1. The van der Waals surface area contributed by atoms with Gasteiger partial charge in [-0.05, 0) is 71.9 Å². The zero-order valence-corrected chi connectivity index (χ0v) is 21.3. The maximum Gasteiger partial charge on any atom is 0.283 e. The third-order valence-corrected chi connectivity index (χ3v) is 6.36. The number of para-hydroxylation sites is 1. The Hall–Kier alpha value is -4.57. The van der Waals surface area contributed by atoms with Gasteiger partial charge in [-0.2, -0.15) is 15.1 Å². The number of nitrogens with one attached hydrogen (secondary N) is 1. The average molecular weight is 529 g/mol. The van der Waals surface area contributed by atoms with Gasteiger partial charge in [0.05, 0.1) is 12.7 Å². The highest BCUT2D eigenvalue weighted by molar-refractivity contribution is 8.27. The Labute approximate surface area is 223 Å². The molecule has 38 heavy (non-hydrogen) atoms. The van der Waals surface area contributed by atoms with Gasteiger partial charge in [-0.3, -0.25) is 10.2 Å². The van der Waals surface area contributed by atoms with Crippen molar-refractivity contribution in [1.29, 1.82) is 5.41 Å². The first kappa shape index (κ1) is 25.1. The van der Waals surface area contributed by atoms with Gasteiger partial charge in [0.15, 0.2) is 5.84 Å². The van der Waals surface area contributed by atoms with Crippen LogP contribution in [0.3, 0.4) is 0 Å². The van der Waals surface area contributed by atoms with E-state index in [1.165, 1.54) is 16.8 Å². The lowest BCUT2D eigenvalue weighted by atomic mass is 10.1. The number of ether oxygens (including phenoxy) is 4. The third-order valence-electron chi connectivity index (χ3n) is 5.47. The van der Waals surface area contributed by atoms with Gasteiger partial charge in [-0.1, -0.05) is 30.3 Å². The quantitative estimate of drug-likeness (QED) is 0.296. The average Bonchev–Trinajstić information content (AvgIpc) is 3.37. The molecule has 10 heteroatoms.